The van der Waals surface area contributed by atoms with E-state index in [1.807, 2.05) is 24.3 Å². The number of halogens is 1. The highest BCUT2D eigenvalue weighted by Gasteiger charge is 2.10. The Morgan fingerprint density at radius 1 is 1.35 bits per heavy atom. The lowest BCUT2D eigenvalue weighted by Crippen LogP contribution is -2.18. The fourth-order valence-electron chi connectivity index (χ4n) is 1.93. The van der Waals surface area contributed by atoms with Gasteiger partial charge in [0.05, 0.1) is 11.6 Å². The summed E-state index contributed by atoms with van der Waals surface area (Å²) < 4.78 is 5.77. The van der Waals surface area contributed by atoms with Crippen molar-refractivity contribution in [1.29, 1.82) is 0 Å². The zero-order valence-electron chi connectivity index (χ0n) is 11.4. The quantitative estimate of drug-likeness (QED) is 0.878. The van der Waals surface area contributed by atoms with Crippen LogP contribution in [0.2, 0.25) is 0 Å². The number of aromatic hydroxyl groups is 1. The molecule has 20 heavy (non-hydrogen) atoms. The van der Waals surface area contributed by atoms with E-state index in [-0.39, 0.29) is 11.8 Å². The molecule has 0 bridgehead atoms. The molecule has 2 rings (SSSR count). The number of nitrogens with one attached hydrogen (secondary N) is 1. The number of benzene rings is 1. The van der Waals surface area contributed by atoms with Crippen LogP contribution in [-0.4, -0.2) is 17.2 Å². The van der Waals surface area contributed by atoms with Crippen molar-refractivity contribution in [3.63, 3.8) is 0 Å². The van der Waals surface area contributed by atoms with Crippen molar-refractivity contribution >= 4 is 15.9 Å². The lowest BCUT2D eigenvalue weighted by molar-refractivity contribution is 0.371. The van der Waals surface area contributed by atoms with Crippen molar-refractivity contribution in [3.8, 4) is 11.5 Å². The number of nitrogens with zero attached hydrogens (tertiary/aromatic N) is 1. The summed E-state index contributed by atoms with van der Waals surface area (Å²) in [6.07, 6.45) is 3.57. The molecule has 0 radical (unpaired) electrons. The van der Waals surface area contributed by atoms with Gasteiger partial charge in [-0.05, 0) is 58.2 Å². The SMILES string of the molecule is COc1cc(CNC(C)c2ccncc2)cc(Br)c1O. The molecule has 0 fully saturated rings. The molecule has 1 unspecified atom stereocenters. The molecule has 0 aliphatic carbocycles. The number of hydrogen-bond acceptors (Lipinski definition) is 4. The van der Waals surface area contributed by atoms with Crippen molar-refractivity contribution < 1.29 is 9.84 Å². The fourth-order valence-corrected chi connectivity index (χ4v) is 2.42. The highest BCUT2D eigenvalue weighted by Crippen LogP contribution is 2.35. The maximum atomic E-state index is 9.78. The molecule has 2 N–H and O–H groups in total. The molecule has 0 amide bonds. The summed E-state index contributed by atoms with van der Waals surface area (Å²) in [5.41, 5.74) is 2.22. The number of hydrogen-bond donors (Lipinski definition) is 2. The Bertz CT molecular complexity index is 576. The number of methoxy groups -OCH3 is 1. The summed E-state index contributed by atoms with van der Waals surface area (Å²) in [7, 11) is 1.54. The highest BCUT2D eigenvalue weighted by atomic mass is 79.9. The highest BCUT2D eigenvalue weighted by molar-refractivity contribution is 9.10. The normalized spacial score (nSPS) is 12.2. The molecule has 0 aliphatic rings. The van der Waals surface area contributed by atoms with Gasteiger partial charge in [-0.15, -0.1) is 0 Å². The third-order valence-electron chi connectivity index (χ3n) is 3.13. The Kier molecular flexibility index (Phi) is 4.98. The Hall–Kier alpha value is -1.59. The van der Waals surface area contributed by atoms with Gasteiger partial charge in [0.25, 0.3) is 0 Å². The third-order valence-corrected chi connectivity index (χ3v) is 3.73. The van der Waals surface area contributed by atoms with Gasteiger partial charge in [0.1, 0.15) is 0 Å². The molecule has 2 aromatic rings. The fraction of sp³-hybridized carbons (Fsp3) is 0.267. The van der Waals surface area contributed by atoms with Gasteiger partial charge in [-0.25, -0.2) is 0 Å². The van der Waals surface area contributed by atoms with E-state index in [9.17, 15) is 5.11 Å². The van der Waals surface area contributed by atoms with Crippen LogP contribution in [0.4, 0.5) is 0 Å². The molecule has 4 nitrogen and oxygen atoms in total. The second-order valence-electron chi connectivity index (χ2n) is 4.51. The van der Waals surface area contributed by atoms with Crippen LogP contribution in [0.5, 0.6) is 11.5 Å². The molecule has 1 heterocycles. The minimum Gasteiger partial charge on any atom is -0.503 e. The van der Waals surface area contributed by atoms with Gasteiger partial charge >= 0.3 is 0 Å². The number of pyridine rings is 1. The average molecular weight is 337 g/mol. The Balaban J connectivity index is 2.06. The van der Waals surface area contributed by atoms with Gasteiger partial charge in [-0.2, -0.15) is 0 Å². The maximum Gasteiger partial charge on any atom is 0.172 e. The summed E-state index contributed by atoms with van der Waals surface area (Å²) in [6.45, 7) is 2.78. The van der Waals surface area contributed by atoms with Crippen LogP contribution in [0.15, 0.2) is 41.1 Å². The van der Waals surface area contributed by atoms with Crippen LogP contribution < -0.4 is 10.1 Å². The molecule has 1 atom stereocenters. The molecule has 106 valence electrons. The molecule has 5 heteroatoms. The first-order valence-corrected chi connectivity index (χ1v) is 7.09. The molecule has 0 saturated heterocycles. The molecular weight excluding hydrogens is 320 g/mol. The standard InChI is InChI=1S/C15H17BrN2O2/c1-10(12-3-5-17-6-4-12)18-9-11-7-13(16)15(19)14(8-11)20-2/h3-8,10,18-19H,9H2,1-2H3. The number of rotatable bonds is 5. The van der Waals surface area contributed by atoms with E-state index in [1.165, 1.54) is 12.7 Å². The van der Waals surface area contributed by atoms with Crippen LogP contribution in [0.3, 0.4) is 0 Å². The molecule has 1 aromatic carbocycles. The van der Waals surface area contributed by atoms with Crippen LogP contribution in [0, 0.1) is 0 Å². The summed E-state index contributed by atoms with van der Waals surface area (Å²) in [5, 5.41) is 13.2. The van der Waals surface area contributed by atoms with Gasteiger partial charge < -0.3 is 15.2 Å². The van der Waals surface area contributed by atoms with Crippen LogP contribution in [0.25, 0.3) is 0 Å². The zero-order chi connectivity index (χ0) is 14.5. The van der Waals surface area contributed by atoms with Crippen molar-refractivity contribution in [2.75, 3.05) is 7.11 Å². The second-order valence-corrected chi connectivity index (χ2v) is 5.37. The van der Waals surface area contributed by atoms with Gasteiger partial charge in [0, 0.05) is 25.0 Å². The molecule has 1 aromatic heterocycles. The number of phenols is 1. The maximum absolute atomic E-state index is 9.78. The predicted molar refractivity (Wildman–Crippen MR) is 81.9 cm³/mol. The lowest BCUT2D eigenvalue weighted by Gasteiger charge is -2.15. The van der Waals surface area contributed by atoms with E-state index in [4.69, 9.17) is 4.74 Å². The first-order chi connectivity index (χ1) is 9.61. The Morgan fingerprint density at radius 3 is 2.70 bits per heavy atom. The summed E-state index contributed by atoms with van der Waals surface area (Å²) in [6, 6.07) is 7.91. The van der Waals surface area contributed by atoms with Crippen LogP contribution >= 0.6 is 15.9 Å². The smallest absolute Gasteiger partial charge is 0.172 e. The van der Waals surface area contributed by atoms with Crippen molar-refractivity contribution in [3.05, 3.63) is 52.3 Å². The topological polar surface area (TPSA) is 54.4 Å². The number of phenolic OH excluding ortho intramolecular Hbond substituents is 1. The monoisotopic (exact) mass is 336 g/mol. The number of aromatic nitrogens is 1. The van der Waals surface area contributed by atoms with Crippen LogP contribution in [0.1, 0.15) is 24.1 Å². The average Bonchev–Trinajstić information content (AvgIpc) is 2.48. The van der Waals surface area contributed by atoms with Crippen molar-refractivity contribution in [2.45, 2.75) is 19.5 Å². The van der Waals surface area contributed by atoms with Gasteiger partial charge in [0.2, 0.25) is 0 Å². The number of ether oxygens (including phenoxy) is 1. The van der Waals surface area contributed by atoms with Crippen LogP contribution in [-0.2, 0) is 6.54 Å². The zero-order valence-corrected chi connectivity index (χ0v) is 13.0. The van der Waals surface area contributed by atoms with E-state index < -0.39 is 0 Å². The van der Waals surface area contributed by atoms with Gasteiger partial charge in [-0.1, -0.05) is 0 Å². The largest absolute Gasteiger partial charge is 0.503 e. The van der Waals surface area contributed by atoms with E-state index in [0.29, 0.717) is 16.8 Å². The van der Waals surface area contributed by atoms with E-state index in [0.717, 1.165) is 5.56 Å². The minimum atomic E-state index is 0.124. The third kappa shape index (κ3) is 3.49. The van der Waals surface area contributed by atoms with Crippen molar-refractivity contribution in [1.82, 2.24) is 10.3 Å². The van der Waals surface area contributed by atoms with E-state index in [2.05, 4.69) is 33.2 Å². The first-order valence-electron chi connectivity index (χ1n) is 6.30. The summed E-state index contributed by atoms with van der Waals surface area (Å²) in [4.78, 5) is 4.01. The minimum absolute atomic E-state index is 0.124. The summed E-state index contributed by atoms with van der Waals surface area (Å²) >= 11 is 3.32. The van der Waals surface area contributed by atoms with E-state index in [1.54, 1.807) is 12.4 Å². The molecule has 0 aliphatic heterocycles. The molecule has 0 spiro atoms. The van der Waals surface area contributed by atoms with Gasteiger partial charge in [-0.3, -0.25) is 4.98 Å². The molecular formula is C15H17BrN2O2. The second kappa shape index (κ2) is 6.72. The Labute approximate surface area is 126 Å². The van der Waals surface area contributed by atoms with E-state index >= 15 is 0 Å². The lowest BCUT2D eigenvalue weighted by atomic mass is 10.1. The first kappa shape index (κ1) is 14.8. The Morgan fingerprint density at radius 2 is 2.05 bits per heavy atom. The van der Waals surface area contributed by atoms with Gasteiger partial charge in [0.15, 0.2) is 11.5 Å². The molecule has 0 saturated carbocycles. The summed E-state index contributed by atoms with van der Waals surface area (Å²) in [5.74, 6) is 0.589. The predicted octanol–water partition coefficient (Wildman–Crippen LogP) is 3.41. The van der Waals surface area contributed by atoms with Crippen molar-refractivity contribution in [2.24, 2.45) is 0 Å².